The molecule has 0 radical (unpaired) electrons. The molecule has 1 saturated heterocycles. The molecule has 438 valence electrons. The van der Waals surface area contributed by atoms with E-state index >= 15 is 0 Å². The van der Waals surface area contributed by atoms with Crippen LogP contribution in [0.1, 0.15) is 87.0 Å². The molecule has 3 aromatic carbocycles. The number of hydrogen-bond donors (Lipinski definition) is 1. The van der Waals surface area contributed by atoms with Crippen molar-refractivity contribution in [2.75, 3.05) is 55.6 Å². The molecule has 2 heterocycles. The number of carbonyl (C=O) groups is 2. The van der Waals surface area contributed by atoms with E-state index in [9.17, 15) is 9.59 Å². The summed E-state index contributed by atoms with van der Waals surface area (Å²) < 4.78 is 81.1. The summed E-state index contributed by atoms with van der Waals surface area (Å²) in [5, 5.41) is 2.89. The van der Waals surface area contributed by atoms with E-state index in [-0.39, 0.29) is 37.1 Å². The number of alkyl carbamates (subject to hydrolysis) is 1. The van der Waals surface area contributed by atoms with Crippen molar-refractivity contribution in [2.24, 2.45) is 11.3 Å². The number of cyclic esters (lactones) is 1. The lowest BCUT2D eigenvalue weighted by molar-refractivity contribution is -0.219. The normalized spacial score (nSPS) is 19.9. The maximum Gasteiger partial charge on any atom is 0.409 e. The summed E-state index contributed by atoms with van der Waals surface area (Å²) in [6.07, 6.45) is -2.76. The van der Waals surface area contributed by atoms with Gasteiger partial charge in [-0.05, 0) is 83.7 Å². The first-order valence-electron chi connectivity index (χ1n) is 27.5. The second kappa shape index (κ2) is 27.4. The van der Waals surface area contributed by atoms with Crippen LogP contribution in [-0.4, -0.2) is 129 Å². The lowest BCUT2D eigenvalue weighted by atomic mass is 9.72. The molecule has 0 spiro atoms. The minimum absolute atomic E-state index is 0.0318. The van der Waals surface area contributed by atoms with E-state index in [1.807, 2.05) is 43.3 Å². The highest BCUT2D eigenvalue weighted by Crippen LogP contribution is 2.48. The van der Waals surface area contributed by atoms with Crippen LogP contribution in [-0.2, 0) is 52.5 Å². The molecule has 5 rings (SSSR count). The summed E-state index contributed by atoms with van der Waals surface area (Å²) >= 11 is 0. The molecule has 7 atom stereocenters. The Labute approximate surface area is 469 Å². The van der Waals surface area contributed by atoms with Crippen molar-refractivity contribution in [3.05, 3.63) is 70.3 Å². The van der Waals surface area contributed by atoms with Crippen LogP contribution in [0.15, 0.2) is 42.5 Å². The van der Waals surface area contributed by atoms with Gasteiger partial charge >= 0.3 is 12.1 Å². The van der Waals surface area contributed by atoms with Gasteiger partial charge in [0.1, 0.15) is 49.3 Å². The summed E-state index contributed by atoms with van der Waals surface area (Å²) in [4.78, 5) is 28.1. The number of nitrogens with one attached hydrogen (secondary N) is 1. The van der Waals surface area contributed by atoms with Gasteiger partial charge in [-0.2, -0.15) is 0 Å². The third-order valence-electron chi connectivity index (χ3n) is 15.8. The first kappa shape index (κ1) is 64.5. The average Bonchev–Trinajstić information content (AvgIpc) is 3.36. The summed E-state index contributed by atoms with van der Waals surface area (Å²) in [5.74, 6) is 2.30. The number of fused-ring (bicyclic) bond motifs is 1. The van der Waals surface area contributed by atoms with Gasteiger partial charge in [-0.15, -0.1) is 0 Å². The molecule has 16 nitrogen and oxygen atoms in total. The quantitative estimate of drug-likeness (QED) is 0.0316. The molecule has 0 bridgehead atoms. The fourth-order valence-corrected chi connectivity index (χ4v) is 12.3. The van der Waals surface area contributed by atoms with Gasteiger partial charge in [0.2, 0.25) is 0 Å². The third-order valence-corrected chi connectivity index (χ3v) is 23.7. The molecule has 78 heavy (non-hydrogen) atoms. The standard InChI is InChI=1S/C59H95NO15Si3/c1-38-42-31-47(74-56(61)54(42)50(71-36-41-22-24-44(64-9)49(30-41)66-11)32-45(38)70-35-40-21-23-43(63-8)48(29-40)65-10)39(2)46(72-37-68-25-27-76(13,14)15)33-52-59(6,7)53(75-78(19,20)58(3,4)5)34-51(73-52)55(67-12)60-57(62)69-26-28-77(16,17)18/h21-24,29-30,32,39,46-47,51-53,55H,25-28,31,33-37H2,1-20H3,(H,60,62)/t39-,46+,47-,51+,52-,53-,55+/m1/s1. The number of benzene rings is 3. The van der Waals surface area contributed by atoms with Gasteiger partial charge in [0.05, 0.1) is 53.4 Å². The van der Waals surface area contributed by atoms with Crippen molar-refractivity contribution < 1.29 is 70.9 Å². The zero-order valence-electron chi connectivity index (χ0n) is 50.8. The van der Waals surface area contributed by atoms with Gasteiger partial charge in [-0.3, -0.25) is 5.32 Å². The number of rotatable bonds is 28. The van der Waals surface area contributed by atoms with Crippen LogP contribution in [0, 0.1) is 18.3 Å². The van der Waals surface area contributed by atoms with Crippen molar-refractivity contribution in [2.45, 2.75) is 187 Å². The maximum atomic E-state index is 14.7. The zero-order chi connectivity index (χ0) is 58.0. The second-order valence-corrected chi connectivity index (χ2v) is 41.4. The Balaban J connectivity index is 1.53. The largest absolute Gasteiger partial charge is 0.493 e. The minimum Gasteiger partial charge on any atom is -0.493 e. The Hall–Kier alpha value is -4.35. The first-order chi connectivity index (χ1) is 36.4. The van der Waals surface area contributed by atoms with Crippen molar-refractivity contribution in [1.82, 2.24) is 5.32 Å². The Kier molecular flexibility index (Phi) is 22.7. The number of ether oxygens (including phenoxy) is 12. The lowest BCUT2D eigenvalue weighted by Gasteiger charge is -2.53. The van der Waals surface area contributed by atoms with E-state index in [2.05, 4.69) is 99.2 Å². The Morgan fingerprint density at radius 3 is 1.83 bits per heavy atom. The predicted octanol–water partition coefficient (Wildman–Crippen LogP) is 12.6. The van der Waals surface area contributed by atoms with Gasteiger partial charge < -0.3 is 61.3 Å². The van der Waals surface area contributed by atoms with Crippen LogP contribution in [0.2, 0.25) is 69.5 Å². The molecule has 2 aliphatic rings. The van der Waals surface area contributed by atoms with Crippen LogP contribution in [0.4, 0.5) is 4.79 Å². The van der Waals surface area contributed by atoms with Crippen LogP contribution < -0.4 is 33.7 Å². The van der Waals surface area contributed by atoms with Crippen molar-refractivity contribution >= 4 is 36.5 Å². The second-order valence-electron chi connectivity index (χ2n) is 25.4. The van der Waals surface area contributed by atoms with Crippen molar-refractivity contribution in [3.8, 4) is 34.5 Å². The smallest absolute Gasteiger partial charge is 0.409 e. The fraction of sp³-hybridized carbons (Fsp3) is 0.661. The van der Waals surface area contributed by atoms with Crippen molar-refractivity contribution in [3.63, 3.8) is 0 Å². The van der Waals surface area contributed by atoms with Crippen LogP contribution in [0.25, 0.3) is 0 Å². The van der Waals surface area contributed by atoms with Gasteiger partial charge in [0.15, 0.2) is 37.5 Å². The SMILES string of the molecule is COc1ccc(COc2cc(OCc3ccc(OC)c(OC)c3)c3c(c2C)C[C@H]([C@H](C)[C@H](C[C@H]2O[C@H]([C@@H](NC(=O)OCC[Si](C)(C)C)OC)C[C@@H](O[Si](C)(C)C(C)(C)C)C2(C)C)OCOCC[Si](C)(C)C)OC3=O)cc1OC. The molecular weight excluding hydrogens is 1050 g/mol. The molecule has 0 saturated carbocycles. The van der Waals surface area contributed by atoms with Crippen LogP contribution in [0.3, 0.4) is 0 Å². The summed E-state index contributed by atoms with van der Waals surface area (Å²) in [5.41, 5.74) is 2.97. The molecule has 1 N–H and O–H groups in total. The fourth-order valence-electron chi connectivity index (χ4n) is 9.34. The van der Waals surface area contributed by atoms with Gasteiger partial charge in [-0.25, -0.2) is 9.59 Å². The maximum absolute atomic E-state index is 14.7. The average molecular weight is 1140 g/mol. The van der Waals surface area contributed by atoms with E-state index in [1.165, 1.54) is 0 Å². The summed E-state index contributed by atoms with van der Waals surface area (Å²) in [6, 6.07) is 14.8. The first-order valence-corrected chi connectivity index (χ1v) is 37.8. The Morgan fingerprint density at radius 1 is 0.756 bits per heavy atom. The topological polar surface area (TPSA) is 166 Å². The van der Waals surface area contributed by atoms with E-state index in [0.717, 1.165) is 34.3 Å². The highest BCUT2D eigenvalue weighted by molar-refractivity contribution is 6.76. The molecular formula is C59H95NO15Si3. The Morgan fingerprint density at radius 2 is 1.31 bits per heavy atom. The predicted molar refractivity (Wildman–Crippen MR) is 312 cm³/mol. The minimum atomic E-state index is -2.36. The molecule has 0 aliphatic carbocycles. The highest BCUT2D eigenvalue weighted by atomic mass is 28.4. The molecule has 19 heteroatoms. The van der Waals surface area contributed by atoms with E-state index in [0.29, 0.717) is 72.5 Å². The van der Waals surface area contributed by atoms with E-state index in [1.54, 1.807) is 41.6 Å². The Bertz CT molecular complexity index is 2450. The van der Waals surface area contributed by atoms with E-state index < -0.39 is 72.6 Å². The van der Waals surface area contributed by atoms with Crippen molar-refractivity contribution in [1.29, 1.82) is 0 Å². The zero-order valence-corrected chi connectivity index (χ0v) is 53.8. The molecule has 2 aliphatic heterocycles. The molecule has 3 aromatic rings. The molecule has 1 amide bonds. The summed E-state index contributed by atoms with van der Waals surface area (Å²) in [7, 11) is 2.70. The van der Waals surface area contributed by atoms with Gasteiger partial charge in [-0.1, -0.05) is 93.0 Å². The van der Waals surface area contributed by atoms with E-state index in [4.69, 9.17) is 61.3 Å². The monoisotopic (exact) mass is 1140 g/mol. The number of amides is 1. The highest BCUT2D eigenvalue weighted by Gasteiger charge is 2.53. The van der Waals surface area contributed by atoms with Crippen LogP contribution in [0.5, 0.6) is 34.5 Å². The number of carbonyl (C=O) groups excluding carboxylic acids is 2. The number of esters is 1. The number of methoxy groups -OCH3 is 5. The third kappa shape index (κ3) is 17.3. The van der Waals surface area contributed by atoms with Gasteiger partial charge in [0.25, 0.3) is 0 Å². The number of hydrogen-bond acceptors (Lipinski definition) is 15. The molecule has 1 fully saturated rings. The molecule has 0 aromatic heterocycles. The van der Waals surface area contributed by atoms with Crippen LogP contribution >= 0.6 is 0 Å². The molecule has 0 unspecified atom stereocenters. The summed E-state index contributed by atoms with van der Waals surface area (Å²) in [6.45, 7) is 34.5. The lowest BCUT2D eigenvalue weighted by Crippen LogP contribution is -2.61. The van der Waals surface area contributed by atoms with Gasteiger partial charge in [0, 0.05) is 66.5 Å².